The zero-order chi connectivity index (χ0) is 13.1. The Balaban J connectivity index is 1.85. The van der Waals surface area contributed by atoms with Crippen LogP contribution in [0.25, 0.3) is 0 Å². The highest BCUT2D eigenvalue weighted by atomic mass is 32.2. The normalized spacial score (nSPS) is 12.9. The van der Waals surface area contributed by atoms with Crippen molar-refractivity contribution in [1.29, 1.82) is 0 Å². The molecule has 1 aliphatic heterocycles. The smallest absolute Gasteiger partial charge is 0.139 e. The van der Waals surface area contributed by atoms with E-state index in [0.717, 1.165) is 35.2 Å². The van der Waals surface area contributed by atoms with Crippen molar-refractivity contribution in [3.8, 4) is 11.5 Å². The Kier molecular flexibility index (Phi) is 3.65. The van der Waals surface area contributed by atoms with Gasteiger partial charge in [-0.3, -0.25) is 0 Å². The molecule has 3 heteroatoms. The second-order valence-corrected chi connectivity index (χ2v) is 5.44. The first kappa shape index (κ1) is 12.4. The maximum atomic E-state index is 5.76. The molecule has 0 amide bonds. The lowest BCUT2D eigenvalue weighted by Crippen LogP contribution is -1.92. The van der Waals surface area contributed by atoms with Crippen LogP contribution in [0.15, 0.2) is 47.4 Å². The van der Waals surface area contributed by atoms with Crippen molar-refractivity contribution in [3.05, 3.63) is 53.6 Å². The minimum absolute atomic E-state index is 0.779. The minimum Gasteiger partial charge on any atom is -0.495 e. The first-order valence-corrected chi connectivity index (χ1v) is 7.36. The molecule has 0 saturated heterocycles. The standard InChI is InChI=1S/C16H16O2S/c1-17-14-8-7-13-9-10-18-15(13)16(14)19-11-12-5-3-2-4-6-12/h2-8H,9-11H2,1H3. The average molecular weight is 272 g/mol. The van der Waals surface area contributed by atoms with Crippen molar-refractivity contribution in [2.24, 2.45) is 0 Å². The molecule has 0 radical (unpaired) electrons. The Morgan fingerprint density at radius 3 is 2.79 bits per heavy atom. The highest BCUT2D eigenvalue weighted by Crippen LogP contribution is 2.43. The molecule has 2 aromatic carbocycles. The van der Waals surface area contributed by atoms with Crippen LogP contribution in [0.2, 0.25) is 0 Å². The van der Waals surface area contributed by atoms with Crippen LogP contribution < -0.4 is 9.47 Å². The Morgan fingerprint density at radius 1 is 1.16 bits per heavy atom. The van der Waals surface area contributed by atoms with E-state index in [1.165, 1.54) is 11.1 Å². The van der Waals surface area contributed by atoms with Crippen LogP contribution >= 0.6 is 11.8 Å². The number of rotatable bonds is 4. The molecule has 98 valence electrons. The molecule has 0 fully saturated rings. The number of hydrogen-bond acceptors (Lipinski definition) is 3. The molecule has 0 unspecified atom stereocenters. The van der Waals surface area contributed by atoms with Crippen LogP contribution in [0, 0.1) is 0 Å². The summed E-state index contributed by atoms with van der Waals surface area (Å²) < 4.78 is 11.2. The number of benzene rings is 2. The first-order valence-electron chi connectivity index (χ1n) is 6.38. The van der Waals surface area contributed by atoms with Crippen molar-refractivity contribution in [2.45, 2.75) is 17.1 Å². The summed E-state index contributed by atoms with van der Waals surface area (Å²) in [6, 6.07) is 14.6. The van der Waals surface area contributed by atoms with Gasteiger partial charge >= 0.3 is 0 Å². The lowest BCUT2D eigenvalue weighted by atomic mass is 10.1. The van der Waals surface area contributed by atoms with E-state index in [9.17, 15) is 0 Å². The monoisotopic (exact) mass is 272 g/mol. The lowest BCUT2D eigenvalue weighted by Gasteiger charge is -2.12. The molecule has 0 aliphatic carbocycles. The van der Waals surface area contributed by atoms with Gasteiger partial charge in [-0.2, -0.15) is 0 Å². The fraction of sp³-hybridized carbons (Fsp3) is 0.250. The summed E-state index contributed by atoms with van der Waals surface area (Å²) in [6.07, 6.45) is 0.998. The lowest BCUT2D eigenvalue weighted by molar-refractivity contribution is 0.341. The van der Waals surface area contributed by atoms with Gasteiger partial charge < -0.3 is 9.47 Å². The number of fused-ring (bicyclic) bond motifs is 1. The summed E-state index contributed by atoms with van der Waals surface area (Å²) in [5.74, 6) is 2.85. The summed E-state index contributed by atoms with van der Waals surface area (Å²) in [4.78, 5) is 1.13. The van der Waals surface area contributed by atoms with Gasteiger partial charge in [-0.25, -0.2) is 0 Å². The fourth-order valence-electron chi connectivity index (χ4n) is 2.23. The molecular formula is C16H16O2S. The third kappa shape index (κ3) is 2.56. The zero-order valence-corrected chi connectivity index (χ0v) is 11.7. The van der Waals surface area contributed by atoms with Gasteiger partial charge in [-0.1, -0.05) is 36.4 Å². The van der Waals surface area contributed by atoms with E-state index in [1.807, 2.05) is 12.1 Å². The highest BCUT2D eigenvalue weighted by molar-refractivity contribution is 7.98. The van der Waals surface area contributed by atoms with Crippen molar-refractivity contribution in [2.75, 3.05) is 13.7 Å². The van der Waals surface area contributed by atoms with E-state index < -0.39 is 0 Å². The Morgan fingerprint density at radius 2 is 2.00 bits per heavy atom. The van der Waals surface area contributed by atoms with Crippen LogP contribution in [-0.2, 0) is 12.2 Å². The molecule has 3 rings (SSSR count). The van der Waals surface area contributed by atoms with E-state index in [4.69, 9.17) is 9.47 Å². The van der Waals surface area contributed by atoms with Crippen LogP contribution in [0.4, 0.5) is 0 Å². The number of hydrogen-bond donors (Lipinski definition) is 0. The summed E-state index contributed by atoms with van der Waals surface area (Å²) in [5.41, 5.74) is 2.60. The Hall–Kier alpha value is -1.61. The van der Waals surface area contributed by atoms with E-state index in [0.29, 0.717) is 0 Å². The van der Waals surface area contributed by atoms with Crippen LogP contribution in [0.5, 0.6) is 11.5 Å². The third-order valence-corrected chi connectivity index (χ3v) is 4.37. The molecule has 2 aromatic rings. The maximum Gasteiger partial charge on any atom is 0.139 e. The highest BCUT2D eigenvalue weighted by Gasteiger charge is 2.20. The van der Waals surface area contributed by atoms with Crippen molar-refractivity contribution < 1.29 is 9.47 Å². The van der Waals surface area contributed by atoms with Crippen molar-refractivity contribution in [3.63, 3.8) is 0 Å². The average Bonchev–Trinajstić information content (AvgIpc) is 2.94. The van der Waals surface area contributed by atoms with Gasteiger partial charge in [0.05, 0.1) is 18.6 Å². The SMILES string of the molecule is COc1ccc2c(c1SCc1ccccc1)OCC2. The van der Waals surface area contributed by atoms with E-state index in [2.05, 4.69) is 30.3 Å². The third-order valence-electron chi connectivity index (χ3n) is 3.22. The molecular weight excluding hydrogens is 256 g/mol. The van der Waals surface area contributed by atoms with Gasteiger partial charge in [0.1, 0.15) is 11.5 Å². The van der Waals surface area contributed by atoms with E-state index in [-0.39, 0.29) is 0 Å². The van der Waals surface area contributed by atoms with Gasteiger partial charge in [0, 0.05) is 12.2 Å². The number of ether oxygens (including phenoxy) is 2. The van der Waals surface area contributed by atoms with Gasteiger partial charge in [0.15, 0.2) is 0 Å². The van der Waals surface area contributed by atoms with Gasteiger partial charge in [-0.15, -0.1) is 11.8 Å². The number of methoxy groups -OCH3 is 1. The molecule has 0 aromatic heterocycles. The minimum atomic E-state index is 0.779. The molecule has 0 bridgehead atoms. The van der Waals surface area contributed by atoms with Gasteiger partial charge in [0.25, 0.3) is 0 Å². The molecule has 0 spiro atoms. The van der Waals surface area contributed by atoms with Crippen molar-refractivity contribution in [1.82, 2.24) is 0 Å². The summed E-state index contributed by atoms with van der Waals surface area (Å²) in [7, 11) is 1.71. The van der Waals surface area contributed by atoms with Crippen LogP contribution in [0.3, 0.4) is 0 Å². The molecule has 1 aliphatic rings. The number of thioether (sulfide) groups is 1. The van der Waals surface area contributed by atoms with Crippen molar-refractivity contribution >= 4 is 11.8 Å². The fourth-order valence-corrected chi connectivity index (χ4v) is 3.35. The zero-order valence-electron chi connectivity index (χ0n) is 10.9. The van der Waals surface area contributed by atoms with Gasteiger partial charge in [-0.05, 0) is 17.2 Å². The second kappa shape index (κ2) is 5.57. The van der Waals surface area contributed by atoms with Crippen LogP contribution in [-0.4, -0.2) is 13.7 Å². The Labute approximate surface area is 117 Å². The molecule has 2 nitrogen and oxygen atoms in total. The van der Waals surface area contributed by atoms with Gasteiger partial charge in [0.2, 0.25) is 0 Å². The summed E-state index contributed by atoms with van der Waals surface area (Å²) in [6.45, 7) is 0.779. The summed E-state index contributed by atoms with van der Waals surface area (Å²) >= 11 is 1.78. The second-order valence-electron chi connectivity index (χ2n) is 4.46. The molecule has 19 heavy (non-hydrogen) atoms. The Bertz CT molecular complexity index is 566. The first-order chi connectivity index (χ1) is 9.38. The van der Waals surface area contributed by atoms with E-state index in [1.54, 1.807) is 18.9 Å². The molecule has 0 atom stereocenters. The maximum absolute atomic E-state index is 5.76. The quantitative estimate of drug-likeness (QED) is 0.786. The molecule has 0 saturated carbocycles. The largest absolute Gasteiger partial charge is 0.495 e. The predicted molar refractivity (Wildman–Crippen MR) is 78.2 cm³/mol. The summed E-state index contributed by atoms with van der Waals surface area (Å²) in [5, 5.41) is 0. The van der Waals surface area contributed by atoms with E-state index >= 15 is 0 Å². The predicted octanol–water partition coefficient (Wildman–Crippen LogP) is 3.92. The molecule has 1 heterocycles. The van der Waals surface area contributed by atoms with Crippen LogP contribution in [0.1, 0.15) is 11.1 Å². The topological polar surface area (TPSA) is 18.5 Å². The molecule has 0 N–H and O–H groups in total.